The summed E-state index contributed by atoms with van der Waals surface area (Å²) in [6.45, 7) is 11.9. The Morgan fingerprint density at radius 3 is 2.77 bits per heavy atom. The highest BCUT2D eigenvalue weighted by Crippen LogP contribution is 2.10. The van der Waals surface area contributed by atoms with Gasteiger partial charge in [0.2, 0.25) is 0 Å². The van der Waals surface area contributed by atoms with Crippen molar-refractivity contribution in [3.63, 3.8) is 0 Å². The summed E-state index contributed by atoms with van der Waals surface area (Å²) < 4.78 is 7.02. The average molecular weight is 360 g/mol. The van der Waals surface area contributed by atoms with E-state index in [1.54, 1.807) is 10.7 Å². The van der Waals surface area contributed by atoms with E-state index >= 15 is 0 Å². The predicted molar refractivity (Wildman–Crippen MR) is 99.2 cm³/mol. The molecule has 0 bridgehead atoms. The standard InChI is InChI=1S/C18H28N6O2/c1-3-22(4-2)13-15-11-20-17-16(12-21-24(17)14-15)18(25)19-5-6-23-7-9-26-10-8-23/h11-12,14H,3-10,13H2,1-2H3,(H,19,25). The van der Waals surface area contributed by atoms with Crippen LogP contribution in [0.15, 0.2) is 18.6 Å². The highest BCUT2D eigenvalue weighted by atomic mass is 16.5. The third-order valence-corrected chi connectivity index (χ3v) is 4.77. The largest absolute Gasteiger partial charge is 0.379 e. The molecule has 2 aromatic rings. The van der Waals surface area contributed by atoms with E-state index in [0.29, 0.717) is 17.8 Å². The first-order valence-corrected chi connectivity index (χ1v) is 9.34. The summed E-state index contributed by atoms with van der Waals surface area (Å²) in [5.41, 5.74) is 2.20. The van der Waals surface area contributed by atoms with E-state index in [2.05, 4.69) is 39.0 Å². The maximum absolute atomic E-state index is 12.5. The summed E-state index contributed by atoms with van der Waals surface area (Å²) in [5, 5.41) is 7.27. The molecule has 8 heteroatoms. The Bertz CT molecular complexity index is 722. The summed E-state index contributed by atoms with van der Waals surface area (Å²) in [6.07, 6.45) is 5.37. The molecule has 0 radical (unpaired) electrons. The number of aromatic nitrogens is 3. The maximum atomic E-state index is 12.5. The molecular weight excluding hydrogens is 332 g/mol. The first-order valence-electron chi connectivity index (χ1n) is 9.34. The van der Waals surface area contributed by atoms with Gasteiger partial charge >= 0.3 is 0 Å². The van der Waals surface area contributed by atoms with Crippen LogP contribution in [0.25, 0.3) is 5.65 Å². The zero-order valence-electron chi connectivity index (χ0n) is 15.6. The minimum atomic E-state index is -0.128. The van der Waals surface area contributed by atoms with Crippen molar-refractivity contribution in [1.29, 1.82) is 0 Å². The summed E-state index contributed by atoms with van der Waals surface area (Å²) in [7, 11) is 0. The number of carbonyl (C=O) groups excluding carboxylic acids is 1. The van der Waals surface area contributed by atoms with Gasteiger partial charge in [0, 0.05) is 50.7 Å². The number of fused-ring (bicyclic) bond motifs is 1. The molecule has 2 aromatic heterocycles. The molecule has 142 valence electrons. The quantitative estimate of drug-likeness (QED) is 0.744. The van der Waals surface area contributed by atoms with Crippen molar-refractivity contribution in [2.45, 2.75) is 20.4 Å². The fourth-order valence-corrected chi connectivity index (χ4v) is 3.11. The second-order valence-electron chi connectivity index (χ2n) is 6.46. The van der Waals surface area contributed by atoms with Crippen LogP contribution in [0.2, 0.25) is 0 Å². The van der Waals surface area contributed by atoms with Crippen molar-refractivity contribution in [2.24, 2.45) is 0 Å². The molecule has 1 saturated heterocycles. The van der Waals surface area contributed by atoms with Crippen LogP contribution in [-0.2, 0) is 11.3 Å². The first-order chi connectivity index (χ1) is 12.7. The highest BCUT2D eigenvalue weighted by molar-refractivity contribution is 5.99. The number of rotatable bonds is 8. The van der Waals surface area contributed by atoms with Crippen LogP contribution in [0.1, 0.15) is 29.8 Å². The molecule has 3 rings (SSSR count). The Morgan fingerprint density at radius 2 is 2.04 bits per heavy atom. The Balaban J connectivity index is 1.59. The minimum absolute atomic E-state index is 0.128. The van der Waals surface area contributed by atoms with Crippen LogP contribution >= 0.6 is 0 Å². The highest BCUT2D eigenvalue weighted by Gasteiger charge is 2.15. The monoisotopic (exact) mass is 360 g/mol. The predicted octanol–water partition coefficient (Wildman–Crippen LogP) is 0.633. The van der Waals surface area contributed by atoms with E-state index in [4.69, 9.17) is 4.74 Å². The molecule has 1 N–H and O–H groups in total. The fourth-order valence-electron chi connectivity index (χ4n) is 3.11. The Hall–Kier alpha value is -2.03. The Morgan fingerprint density at radius 1 is 1.27 bits per heavy atom. The van der Waals surface area contributed by atoms with Gasteiger partial charge in [-0.1, -0.05) is 13.8 Å². The lowest BCUT2D eigenvalue weighted by Gasteiger charge is -2.26. The van der Waals surface area contributed by atoms with Gasteiger partial charge in [0.1, 0.15) is 5.56 Å². The van der Waals surface area contributed by atoms with E-state index in [-0.39, 0.29) is 5.91 Å². The van der Waals surface area contributed by atoms with Gasteiger partial charge in [-0.25, -0.2) is 9.50 Å². The molecule has 1 amide bonds. The van der Waals surface area contributed by atoms with Crippen molar-refractivity contribution in [2.75, 3.05) is 52.5 Å². The maximum Gasteiger partial charge on any atom is 0.256 e. The zero-order valence-corrected chi connectivity index (χ0v) is 15.6. The average Bonchev–Trinajstić information content (AvgIpc) is 3.10. The summed E-state index contributed by atoms with van der Waals surface area (Å²) in [4.78, 5) is 21.5. The molecule has 0 unspecified atom stereocenters. The molecule has 8 nitrogen and oxygen atoms in total. The zero-order chi connectivity index (χ0) is 18.4. The molecule has 0 aliphatic carbocycles. The molecule has 0 saturated carbocycles. The normalized spacial score (nSPS) is 15.7. The molecule has 3 heterocycles. The number of hydrogen-bond acceptors (Lipinski definition) is 6. The van der Waals surface area contributed by atoms with Gasteiger partial charge in [-0.2, -0.15) is 5.10 Å². The van der Waals surface area contributed by atoms with Gasteiger partial charge in [0.15, 0.2) is 5.65 Å². The van der Waals surface area contributed by atoms with Gasteiger partial charge in [-0.05, 0) is 13.1 Å². The number of nitrogens with one attached hydrogen (secondary N) is 1. The second kappa shape index (κ2) is 9.07. The third kappa shape index (κ3) is 4.57. The summed E-state index contributed by atoms with van der Waals surface area (Å²) >= 11 is 0. The van der Waals surface area contributed by atoms with E-state index < -0.39 is 0 Å². The third-order valence-electron chi connectivity index (χ3n) is 4.77. The molecular formula is C18H28N6O2. The van der Waals surface area contributed by atoms with Crippen molar-refractivity contribution in [3.05, 3.63) is 29.7 Å². The van der Waals surface area contributed by atoms with E-state index in [1.807, 2.05) is 12.4 Å². The molecule has 0 aromatic carbocycles. The van der Waals surface area contributed by atoms with E-state index in [9.17, 15) is 4.79 Å². The number of carbonyl (C=O) groups is 1. The SMILES string of the molecule is CCN(CC)Cc1cnc2c(C(=O)NCCN3CCOCC3)cnn2c1. The van der Waals surface area contributed by atoms with Crippen molar-refractivity contribution in [1.82, 2.24) is 29.7 Å². The summed E-state index contributed by atoms with van der Waals surface area (Å²) in [5.74, 6) is -0.128. The van der Waals surface area contributed by atoms with Gasteiger partial charge in [-0.15, -0.1) is 0 Å². The van der Waals surface area contributed by atoms with E-state index in [0.717, 1.165) is 58.0 Å². The minimum Gasteiger partial charge on any atom is -0.379 e. The number of hydrogen-bond donors (Lipinski definition) is 1. The van der Waals surface area contributed by atoms with Gasteiger partial charge in [-0.3, -0.25) is 14.6 Å². The van der Waals surface area contributed by atoms with Crippen LogP contribution in [0.4, 0.5) is 0 Å². The lowest BCUT2D eigenvalue weighted by atomic mass is 10.3. The number of ether oxygens (including phenoxy) is 1. The topological polar surface area (TPSA) is 75.0 Å². The molecule has 0 atom stereocenters. The van der Waals surface area contributed by atoms with Gasteiger partial charge < -0.3 is 10.1 Å². The van der Waals surface area contributed by atoms with Crippen LogP contribution in [0.3, 0.4) is 0 Å². The number of amides is 1. The number of nitrogens with zero attached hydrogens (tertiary/aromatic N) is 5. The van der Waals surface area contributed by atoms with Crippen molar-refractivity contribution >= 4 is 11.6 Å². The van der Waals surface area contributed by atoms with Crippen LogP contribution < -0.4 is 5.32 Å². The fraction of sp³-hybridized carbons (Fsp3) is 0.611. The second-order valence-corrected chi connectivity index (χ2v) is 6.46. The van der Waals surface area contributed by atoms with Gasteiger partial charge in [0.25, 0.3) is 5.91 Å². The molecule has 26 heavy (non-hydrogen) atoms. The van der Waals surface area contributed by atoms with Crippen LogP contribution in [-0.4, -0.2) is 82.8 Å². The Labute approximate surface area is 154 Å². The molecule has 1 fully saturated rings. The smallest absolute Gasteiger partial charge is 0.256 e. The van der Waals surface area contributed by atoms with Crippen molar-refractivity contribution in [3.8, 4) is 0 Å². The molecule has 0 spiro atoms. The van der Waals surface area contributed by atoms with Crippen molar-refractivity contribution < 1.29 is 9.53 Å². The van der Waals surface area contributed by atoms with E-state index in [1.165, 1.54) is 0 Å². The Kier molecular flexibility index (Phi) is 6.54. The number of morpholine rings is 1. The summed E-state index contributed by atoms with van der Waals surface area (Å²) in [6, 6.07) is 0. The molecule has 1 aliphatic rings. The van der Waals surface area contributed by atoms with Gasteiger partial charge in [0.05, 0.1) is 19.4 Å². The lowest BCUT2D eigenvalue weighted by molar-refractivity contribution is 0.0383. The molecule has 1 aliphatic heterocycles. The van der Waals surface area contributed by atoms with Crippen LogP contribution in [0.5, 0.6) is 0 Å². The van der Waals surface area contributed by atoms with Crippen LogP contribution in [0, 0.1) is 0 Å². The lowest BCUT2D eigenvalue weighted by Crippen LogP contribution is -2.41. The first kappa shape index (κ1) is 18.8.